The van der Waals surface area contributed by atoms with Crippen LogP contribution in [0.2, 0.25) is 0 Å². The molecule has 0 aromatic carbocycles. The van der Waals surface area contributed by atoms with Crippen molar-refractivity contribution in [3.63, 3.8) is 0 Å². The van der Waals surface area contributed by atoms with Crippen molar-refractivity contribution >= 4 is 5.95 Å². The number of nitrogens with two attached hydrogens (primary N) is 1. The zero-order valence-corrected chi connectivity index (χ0v) is 12.2. The van der Waals surface area contributed by atoms with Crippen LogP contribution >= 0.6 is 0 Å². The van der Waals surface area contributed by atoms with Gasteiger partial charge in [0.05, 0.1) is 5.69 Å². The maximum Gasteiger partial charge on any atom is 0.225 e. The molecule has 1 aromatic heterocycles. The third-order valence-corrected chi connectivity index (χ3v) is 4.64. The number of rotatable bonds is 1. The van der Waals surface area contributed by atoms with E-state index >= 15 is 0 Å². The van der Waals surface area contributed by atoms with Crippen molar-refractivity contribution in [1.29, 1.82) is 0 Å². The highest BCUT2D eigenvalue weighted by Crippen LogP contribution is 2.44. The van der Waals surface area contributed by atoms with Gasteiger partial charge in [-0.15, -0.1) is 0 Å². The fraction of sp³-hybridized carbons (Fsp3) is 0.733. The molecule has 104 valence electrons. The molecule has 4 heteroatoms. The summed E-state index contributed by atoms with van der Waals surface area (Å²) in [4.78, 5) is 11.7. The van der Waals surface area contributed by atoms with Crippen LogP contribution in [0.3, 0.4) is 0 Å². The van der Waals surface area contributed by atoms with Gasteiger partial charge in [-0.25, -0.2) is 9.97 Å². The Morgan fingerprint density at radius 3 is 2.68 bits per heavy atom. The number of aromatic nitrogens is 2. The largest absolute Gasteiger partial charge is 0.341 e. The molecule has 3 rings (SSSR count). The highest BCUT2D eigenvalue weighted by molar-refractivity contribution is 5.41. The zero-order chi connectivity index (χ0) is 13.6. The molecule has 1 unspecified atom stereocenters. The average molecular weight is 260 g/mol. The average Bonchev–Trinajstić information content (AvgIpc) is 2.60. The van der Waals surface area contributed by atoms with Gasteiger partial charge in [0.25, 0.3) is 0 Å². The first kappa shape index (κ1) is 12.9. The molecule has 4 nitrogen and oxygen atoms in total. The lowest BCUT2D eigenvalue weighted by molar-refractivity contribution is 0.488. The highest BCUT2D eigenvalue weighted by atomic mass is 15.3. The van der Waals surface area contributed by atoms with E-state index in [1.165, 1.54) is 17.7 Å². The quantitative estimate of drug-likeness (QED) is 0.841. The molecule has 0 spiro atoms. The number of hydrogen-bond donors (Lipinski definition) is 1. The highest BCUT2D eigenvalue weighted by Gasteiger charge is 2.36. The standard InChI is InChI=1S/C15H24N4/c1-10-8-15(2,3)12-9-17-14(18-13(10)12)19-6-4-11(16)5-7-19/h9-11H,4-8,16H2,1-3H3. The second kappa shape index (κ2) is 4.44. The topological polar surface area (TPSA) is 55.0 Å². The Hall–Kier alpha value is -1.16. The van der Waals surface area contributed by atoms with Crippen molar-refractivity contribution in [3.8, 4) is 0 Å². The summed E-state index contributed by atoms with van der Waals surface area (Å²) in [6, 6.07) is 0.350. The van der Waals surface area contributed by atoms with E-state index in [2.05, 4.69) is 36.9 Å². The predicted octanol–water partition coefficient (Wildman–Crippen LogP) is 2.19. The molecule has 2 N–H and O–H groups in total. The number of hydrogen-bond acceptors (Lipinski definition) is 4. The van der Waals surface area contributed by atoms with E-state index < -0.39 is 0 Å². The van der Waals surface area contributed by atoms with Crippen LogP contribution in [0, 0.1) is 0 Å². The number of anilines is 1. The molecule has 1 aromatic rings. The Morgan fingerprint density at radius 1 is 1.32 bits per heavy atom. The zero-order valence-electron chi connectivity index (χ0n) is 12.2. The molecule has 0 bridgehead atoms. The van der Waals surface area contributed by atoms with Crippen molar-refractivity contribution in [2.75, 3.05) is 18.0 Å². The molecule has 1 saturated heterocycles. The monoisotopic (exact) mass is 260 g/mol. The van der Waals surface area contributed by atoms with Crippen molar-refractivity contribution in [3.05, 3.63) is 17.5 Å². The third-order valence-electron chi connectivity index (χ3n) is 4.64. The first-order valence-electron chi connectivity index (χ1n) is 7.35. The molecule has 1 fully saturated rings. The molecule has 2 heterocycles. The first-order valence-corrected chi connectivity index (χ1v) is 7.35. The van der Waals surface area contributed by atoms with Crippen LogP contribution < -0.4 is 10.6 Å². The smallest absolute Gasteiger partial charge is 0.225 e. The van der Waals surface area contributed by atoms with Gasteiger partial charge in [-0.1, -0.05) is 20.8 Å². The predicted molar refractivity (Wildman–Crippen MR) is 77.5 cm³/mol. The summed E-state index contributed by atoms with van der Waals surface area (Å²) >= 11 is 0. The van der Waals surface area contributed by atoms with Gasteiger partial charge in [-0.05, 0) is 36.2 Å². The van der Waals surface area contributed by atoms with Crippen molar-refractivity contribution in [2.24, 2.45) is 5.73 Å². The van der Waals surface area contributed by atoms with Crippen LogP contribution in [0.5, 0.6) is 0 Å². The Bertz CT molecular complexity index is 475. The van der Waals surface area contributed by atoms with E-state index in [4.69, 9.17) is 10.7 Å². The van der Waals surface area contributed by atoms with Crippen LogP contribution in [0.4, 0.5) is 5.95 Å². The summed E-state index contributed by atoms with van der Waals surface area (Å²) in [7, 11) is 0. The summed E-state index contributed by atoms with van der Waals surface area (Å²) in [6.45, 7) is 8.82. The van der Waals surface area contributed by atoms with Crippen LogP contribution in [0.15, 0.2) is 6.20 Å². The van der Waals surface area contributed by atoms with Crippen LogP contribution in [-0.4, -0.2) is 29.1 Å². The maximum absolute atomic E-state index is 5.96. The lowest BCUT2D eigenvalue weighted by atomic mass is 9.87. The fourth-order valence-corrected chi connectivity index (χ4v) is 3.51. The van der Waals surface area contributed by atoms with E-state index in [1.54, 1.807) is 0 Å². The molecular weight excluding hydrogens is 236 g/mol. The summed E-state index contributed by atoms with van der Waals surface area (Å²) in [5, 5.41) is 0. The van der Waals surface area contributed by atoms with Crippen molar-refractivity contribution < 1.29 is 0 Å². The molecule has 19 heavy (non-hydrogen) atoms. The molecular formula is C15H24N4. The normalized spacial score (nSPS) is 26.5. The summed E-state index contributed by atoms with van der Waals surface area (Å²) < 4.78 is 0. The van der Waals surface area contributed by atoms with Gasteiger partial charge in [0.2, 0.25) is 5.95 Å². The molecule has 0 amide bonds. The van der Waals surface area contributed by atoms with Gasteiger partial charge in [0, 0.05) is 25.3 Å². The van der Waals surface area contributed by atoms with Crippen LogP contribution in [0.1, 0.15) is 57.2 Å². The van der Waals surface area contributed by atoms with Gasteiger partial charge < -0.3 is 10.6 Å². The molecule has 1 aliphatic heterocycles. The molecule has 1 aliphatic carbocycles. The van der Waals surface area contributed by atoms with Crippen LogP contribution in [-0.2, 0) is 5.41 Å². The Labute approximate surface area is 115 Å². The number of fused-ring (bicyclic) bond motifs is 1. The van der Waals surface area contributed by atoms with E-state index in [9.17, 15) is 0 Å². The summed E-state index contributed by atoms with van der Waals surface area (Å²) in [5.41, 5.74) is 8.76. The first-order chi connectivity index (χ1) is 8.97. The number of nitrogens with zero attached hydrogens (tertiary/aromatic N) is 3. The fourth-order valence-electron chi connectivity index (χ4n) is 3.51. The van der Waals surface area contributed by atoms with Gasteiger partial charge in [-0.3, -0.25) is 0 Å². The molecule has 1 atom stereocenters. The SMILES string of the molecule is CC1CC(C)(C)c2cnc(N3CCC(N)CC3)nc21. The summed E-state index contributed by atoms with van der Waals surface area (Å²) in [5.74, 6) is 1.44. The van der Waals surface area contributed by atoms with E-state index in [0.29, 0.717) is 12.0 Å². The number of piperidine rings is 1. The Morgan fingerprint density at radius 2 is 2.00 bits per heavy atom. The summed E-state index contributed by atoms with van der Waals surface area (Å²) in [6.07, 6.45) is 5.31. The van der Waals surface area contributed by atoms with E-state index in [-0.39, 0.29) is 5.41 Å². The lowest BCUT2D eigenvalue weighted by Crippen LogP contribution is -2.40. The second-order valence-corrected chi connectivity index (χ2v) is 6.78. The Kier molecular flexibility index (Phi) is 3.01. The second-order valence-electron chi connectivity index (χ2n) is 6.78. The molecule has 0 radical (unpaired) electrons. The minimum Gasteiger partial charge on any atom is -0.341 e. The van der Waals surface area contributed by atoms with E-state index in [0.717, 1.165) is 31.9 Å². The van der Waals surface area contributed by atoms with Crippen molar-refractivity contribution in [1.82, 2.24) is 9.97 Å². The van der Waals surface area contributed by atoms with Crippen LogP contribution in [0.25, 0.3) is 0 Å². The van der Waals surface area contributed by atoms with E-state index in [1.807, 2.05) is 0 Å². The van der Waals surface area contributed by atoms with Gasteiger partial charge in [0.15, 0.2) is 0 Å². The van der Waals surface area contributed by atoms with Gasteiger partial charge >= 0.3 is 0 Å². The van der Waals surface area contributed by atoms with Gasteiger partial charge in [0.1, 0.15) is 0 Å². The Balaban J connectivity index is 1.88. The molecule has 0 saturated carbocycles. The molecule has 2 aliphatic rings. The van der Waals surface area contributed by atoms with Crippen molar-refractivity contribution in [2.45, 2.75) is 57.4 Å². The maximum atomic E-state index is 5.96. The van der Waals surface area contributed by atoms with Gasteiger partial charge in [-0.2, -0.15) is 0 Å². The third kappa shape index (κ3) is 2.22. The minimum absolute atomic E-state index is 0.220. The minimum atomic E-state index is 0.220. The lowest BCUT2D eigenvalue weighted by Gasteiger charge is -2.30.